The molecule has 0 aliphatic carbocycles. The van der Waals surface area contributed by atoms with Gasteiger partial charge < -0.3 is 10.2 Å². The average Bonchev–Trinajstić information content (AvgIpc) is 3.27. The van der Waals surface area contributed by atoms with E-state index < -0.39 is 0 Å². The van der Waals surface area contributed by atoms with E-state index in [-0.39, 0.29) is 11.8 Å². The van der Waals surface area contributed by atoms with Crippen LogP contribution in [0, 0.1) is 5.92 Å². The zero-order chi connectivity index (χ0) is 19.5. The molecule has 0 unspecified atom stereocenters. The number of carbonyl (C=O) groups is 1. The van der Waals surface area contributed by atoms with Crippen LogP contribution < -0.4 is 10.2 Å². The Labute approximate surface area is 172 Å². The Morgan fingerprint density at radius 2 is 2.04 bits per heavy atom. The largest absolute Gasteiger partial charge is 0.356 e. The summed E-state index contributed by atoms with van der Waals surface area (Å²) in [4.78, 5) is 23.5. The lowest BCUT2D eigenvalue weighted by atomic mass is 9.97. The van der Waals surface area contributed by atoms with Crippen LogP contribution in [0.4, 0.5) is 11.5 Å². The highest BCUT2D eigenvalue weighted by Gasteiger charge is 2.27. The molecule has 9 heteroatoms. The number of nitrogens with one attached hydrogen (secondary N) is 1. The summed E-state index contributed by atoms with van der Waals surface area (Å²) in [6, 6.07) is 8.90. The van der Waals surface area contributed by atoms with Gasteiger partial charge in [0.15, 0.2) is 5.82 Å². The second-order valence-electron chi connectivity index (χ2n) is 6.56. The van der Waals surface area contributed by atoms with Crippen molar-refractivity contribution in [1.29, 1.82) is 0 Å². The fraction of sp³-hybridized carbons (Fsp3) is 0.263. The molecule has 3 aromatic rings. The number of nitrogens with zero attached hydrogens (tertiary/aromatic N) is 5. The van der Waals surface area contributed by atoms with Crippen LogP contribution in [0.3, 0.4) is 0 Å². The Morgan fingerprint density at radius 1 is 1.18 bits per heavy atom. The van der Waals surface area contributed by atoms with Gasteiger partial charge in [0.05, 0.1) is 21.7 Å². The first-order valence-corrected chi connectivity index (χ1v) is 9.69. The molecule has 28 heavy (non-hydrogen) atoms. The molecule has 7 nitrogen and oxygen atoms in total. The monoisotopic (exact) mass is 416 g/mol. The molecule has 1 atom stereocenters. The molecule has 1 amide bonds. The summed E-state index contributed by atoms with van der Waals surface area (Å²) < 4.78 is 1.68. The van der Waals surface area contributed by atoms with E-state index in [1.54, 1.807) is 29.1 Å². The van der Waals surface area contributed by atoms with Crippen LogP contribution >= 0.6 is 23.2 Å². The third kappa shape index (κ3) is 3.95. The molecule has 1 aliphatic heterocycles. The van der Waals surface area contributed by atoms with Crippen molar-refractivity contribution >= 4 is 40.6 Å². The molecule has 1 aromatic carbocycles. The second-order valence-corrected chi connectivity index (χ2v) is 7.35. The Bertz CT molecular complexity index is 978. The van der Waals surface area contributed by atoms with Gasteiger partial charge in [0, 0.05) is 31.5 Å². The highest BCUT2D eigenvalue weighted by Crippen LogP contribution is 2.31. The zero-order valence-electron chi connectivity index (χ0n) is 14.9. The maximum absolute atomic E-state index is 12.8. The van der Waals surface area contributed by atoms with E-state index in [4.69, 9.17) is 23.2 Å². The van der Waals surface area contributed by atoms with Crippen molar-refractivity contribution in [3.63, 3.8) is 0 Å². The normalized spacial score (nSPS) is 16.8. The van der Waals surface area contributed by atoms with E-state index in [2.05, 4.69) is 25.3 Å². The maximum atomic E-state index is 12.8. The fourth-order valence-corrected chi connectivity index (χ4v) is 3.62. The lowest BCUT2D eigenvalue weighted by Crippen LogP contribution is -2.41. The van der Waals surface area contributed by atoms with E-state index >= 15 is 0 Å². The molecule has 3 heterocycles. The molecular formula is C19H18Cl2N6O. The third-order valence-corrected chi connectivity index (χ3v) is 5.52. The SMILES string of the molecule is O=C(Nc1cccc(Cl)c1Cl)[C@@H]1CCCN(c2cc(-n3cccn3)ncn2)C1. The molecule has 0 radical (unpaired) electrons. The Kier molecular flexibility index (Phi) is 5.45. The number of aromatic nitrogens is 4. The third-order valence-electron chi connectivity index (χ3n) is 4.70. The molecule has 4 rings (SSSR count). The van der Waals surface area contributed by atoms with E-state index in [0.717, 1.165) is 25.2 Å². The summed E-state index contributed by atoms with van der Waals surface area (Å²) in [5, 5.41) is 7.86. The summed E-state index contributed by atoms with van der Waals surface area (Å²) in [5.74, 6) is 1.22. The van der Waals surface area contributed by atoms with Crippen molar-refractivity contribution in [3.8, 4) is 5.82 Å². The summed E-state index contributed by atoms with van der Waals surface area (Å²) in [7, 11) is 0. The number of piperidine rings is 1. The van der Waals surface area contributed by atoms with Gasteiger partial charge in [0.2, 0.25) is 5.91 Å². The van der Waals surface area contributed by atoms with Crippen LogP contribution in [0.25, 0.3) is 5.82 Å². The van der Waals surface area contributed by atoms with Crippen molar-refractivity contribution < 1.29 is 4.79 Å². The van der Waals surface area contributed by atoms with E-state index in [1.807, 2.05) is 18.3 Å². The molecule has 1 aliphatic rings. The van der Waals surface area contributed by atoms with Crippen molar-refractivity contribution in [2.75, 3.05) is 23.3 Å². The van der Waals surface area contributed by atoms with Gasteiger partial charge in [0.1, 0.15) is 12.1 Å². The number of hydrogen-bond acceptors (Lipinski definition) is 5. The maximum Gasteiger partial charge on any atom is 0.229 e. The Hall–Kier alpha value is -2.64. The number of halogens is 2. The quantitative estimate of drug-likeness (QED) is 0.699. The van der Waals surface area contributed by atoms with Crippen LogP contribution in [0.15, 0.2) is 49.1 Å². The summed E-state index contributed by atoms with van der Waals surface area (Å²) >= 11 is 12.2. The van der Waals surface area contributed by atoms with Crippen LogP contribution in [0.2, 0.25) is 10.0 Å². The van der Waals surface area contributed by atoms with Crippen molar-refractivity contribution in [1.82, 2.24) is 19.7 Å². The van der Waals surface area contributed by atoms with Crippen LogP contribution in [0.5, 0.6) is 0 Å². The second kappa shape index (κ2) is 8.16. The van der Waals surface area contributed by atoms with Gasteiger partial charge >= 0.3 is 0 Å². The molecule has 1 fully saturated rings. The van der Waals surface area contributed by atoms with Crippen LogP contribution in [-0.4, -0.2) is 38.7 Å². The molecule has 0 spiro atoms. The van der Waals surface area contributed by atoms with Gasteiger partial charge in [-0.1, -0.05) is 29.3 Å². The summed E-state index contributed by atoms with van der Waals surface area (Å²) in [5.41, 5.74) is 0.527. The zero-order valence-corrected chi connectivity index (χ0v) is 16.4. The summed E-state index contributed by atoms with van der Waals surface area (Å²) in [6.07, 6.45) is 6.74. The molecule has 1 saturated heterocycles. The van der Waals surface area contributed by atoms with Crippen molar-refractivity contribution in [3.05, 3.63) is 59.1 Å². The smallest absolute Gasteiger partial charge is 0.229 e. The number of anilines is 2. The molecule has 0 saturated carbocycles. The highest BCUT2D eigenvalue weighted by molar-refractivity contribution is 6.44. The first-order valence-electron chi connectivity index (χ1n) is 8.93. The van der Waals surface area contributed by atoms with E-state index in [0.29, 0.717) is 28.1 Å². The number of carbonyl (C=O) groups excluding carboxylic acids is 1. The van der Waals surface area contributed by atoms with Gasteiger partial charge in [-0.15, -0.1) is 0 Å². The lowest BCUT2D eigenvalue weighted by molar-refractivity contribution is -0.120. The van der Waals surface area contributed by atoms with Gasteiger partial charge in [-0.25, -0.2) is 14.6 Å². The minimum absolute atomic E-state index is 0.0739. The minimum atomic E-state index is -0.174. The molecular weight excluding hydrogens is 399 g/mol. The van der Waals surface area contributed by atoms with Gasteiger partial charge in [-0.3, -0.25) is 4.79 Å². The van der Waals surface area contributed by atoms with Crippen LogP contribution in [0.1, 0.15) is 12.8 Å². The van der Waals surface area contributed by atoms with E-state index in [9.17, 15) is 4.79 Å². The fourth-order valence-electron chi connectivity index (χ4n) is 3.27. The van der Waals surface area contributed by atoms with Gasteiger partial charge in [-0.2, -0.15) is 5.10 Å². The number of rotatable bonds is 4. The first kappa shape index (κ1) is 18.7. The molecule has 144 valence electrons. The Balaban J connectivity index is 1.48. The highest BCUT2D eigenvalue weighted by atomic mass is 35.5. The standard InChI is InChI=1S/C19H18Cl2N6O/c20-14-5-1-6-15(18(14)21)25-19(28)13-4-2-8-26(11-13)16-10-17(23-12-22-16)27-9-3-7-24-27/h1,3,5-7,9-10,12-13H,2,4,8,11H2,(H,25,28)/t13-/m1/s1. The van der Waals surface area contributed by atoms with E-state index in [1.165, 1.54) is 6.33 Å². The predicted octanol–water partition coefficient (Wildman–Crippen LogP) is 3.82. The van der Waals surface area contributed by atoms with Crippen molar-refractivity contribution in [2.45, 2.75) is 12.8 Å². The lowest BCUT2D eigenvalue weighted by Gasteiger charge is -2.33. The molecule has 0 bridgehead atoms. The van der Waals surface area contributed by atoms with Crippen molar-refractivity contribution in [2.24, 2.45) is 5.92 Å². The van der Waals surface area contributed by atoms with Gasteiger partial charge in [0.25, 0.3) is 0 Å². The minimum Gasteiger partial charge on any atom is -0.356 e. The van der Waals surface area contributed by atoms with Crippen LogP contribution in [-0.2, 0) is 4.79 Å². The number of amides is 1. The molecule has 1 N–H and O–H groups in total. The first-order chi connectivity index (χ1) is 13.6. The number of benzene rings is 1. The molecule has 2 aromatic heterocycles. The number of hydrogen-bond donors (Lipinski definition) is 1. The average molecular weight is 417 g/mol. The topological polar surface area (TPSA) is 75.9 Å². The van der Waals surface area contributed by atoms with Gasteiger partial charge in [-0.05, 0) is 31.0 Å². The summed E-state index contributed by atoms with van der Waals surface area (Å²) in [6.45, 7) is 1.40. The predicted molar refractivity (Wildman–Crippen MR) is 109 cm³/mol. The Morgan fingerprint density at radius 3 is 2.86 bits per heavy atom.